The summed E-state index contributed by atoms with van der Waals surface area (Å²) in [7, 11) is 0. The highest BCUT2D eigenvalue weighted by atomic mass is 79.9. The van der Waals surface area contributed by atoms with Crippen molar-refractivity contribution in [3.05, 3.63) is 34.3 Å². The van der Waals surface area contributed by atoms with Gasteiger partial charge in [-0.05, 0) is 24.6 Å². The number of halogens is 2. The molecule has 1 amide bonds. The van der Waals surface area contributed by atoms with Crippen LogP contribution in [0.4, 0.5) is 0 Å². The quantitative estimate of drug-likeness (QED) is 0.844. The fraction of sp³-hybridized carbons (Fsp3) is 0.500. The minimum atomic E-state index is 0. The molecule has 0 radical (unpaired) electrons. The third-order valence-electron chi connectivity index (χ3n) is 3.18. The first kappa shape index (κ1) is 17.8. The molecule has 1 aliphatic rings. The number of nitrogens with one attached hydrogen (secondary N) is 2. The molecule has 0 aliphatic carbocycles. The molecule has 1 aromatic carbocycles. The van der Waals surface area contributed by atoms with Crippen molar-refractivity contribution in [2.45, 2.75) is 25.4 Å². The summed E-state index contributed by atoms with van der Waals surface area (Å²) in [5.74, 6) is 2.29. The molecule has 1 saturated heterocycles. The summed E-state index contributed by atoms with van der Waals surface area (Å²) in [5.41, 5.74) is 1.13. The second-order valence-electron chi connectivity index (χ2n) is 4.77. The van der Waals surface area contributed by atoms with E-state index in [2.05, 4.69) is 26.6 Å². The zero-order chi connectivity index (χ0) is 13.7. The second kappa shape index (κ2) is 8.93. The van der Waals surface area contributed by atoms with Gasteiger partial charge in [0.05, 0.1) is 6.04 Å². The van der Waals surface area contributed by atoms with Crippen LogP contribution < -0.4 is 10.6 Å². The monoisotopic (exact) mass is 378 g/mol. The van der Waals surface area contributed by atoms with E-state index in [-0.39, 0.29) is 24.4 Å². The Hall–Kier alpha value is -0.230. The lowest BCUT2D eigenvalue weighted by Gasteiger charge is -2.23. The predicted molar refractivity (Wildman–Crippen MR) is 91.7 cm³/mol. The Kier molecular flexibility index (Phi) is 7.95. The zero-order valence-corrected chi connectivity index (χ0v) is 14.6. The van der Waals surface area contributed by atoms with Gasteiger partial charge in [0, 0.05) is 35.0 Å². The summed E-state index contributed by atoms with van der Waals surface area (Å²) < 4.78 is 1.05. The van der Waals surface area contributed by atoms with E-state index in [1.165, 1.54) is 0 Å². The van der Waals surface area contributed by atoms with Crippen LogP contribution in [-0.2, 0) is 4.79 Å². The van der Waals surface area contributed by atoms with Crippen LogP contribution in [0.1, 0.15) is 24.9 Å². The van der Waals surface area contributed by atoms with E-state index in [4.69, 9.17) is 0 Å². The van der Waals surface area contributed by atoms with E-state index in [0.717, 1.165) is 28.1 Å². The van der Waals surface area contributed by atoms with Gasteiger partial charge in [-0.15, -0.1) is 12.4 Å². The van der Waals surface area contributed by atoms with Gasteiger partial charge in [0.2, 0.25) is 5.91 Å². The molecule has 0 bridgehead atoms. The van der Waals surface area contributed by atoms with E-state index in [1.807, 2.05) is 43.0 Å². The zero-order valence-electron chi connectivity index (χ0n) is 11.4. The molecule has 1 heterocycles. The summed E-state index contributed by atoms with van der Waals surface area (Å²) in [6, 6.07) is 8.43. The number of amides is 1. The molecule has 0 spiro atoms. The number of benzene rings is 1. The Morgan fingerprint density at radius 1 is 1.50 bits per heavy atom. The van der Waals surface area contributed by atoms with Crippen molar-refractivity contribution >= 4 is 46.0 Å². The van der Waals surface area contributed by atoms with Crippen LogP contribution in [0.15, 0.2) is 28.7 Å². The van der Waals surface area contributed by atoms with E-state index < -0.39 is 0 Å². The molecule has 0 aromatic heterocycles. The summed E-state index contributed by atoms with van der Waals surface area (Å²) in [4.78, 5) is 12.0. The summed E-state index contributed by atoms with van der Waals surface area (Å²) in [6.45, 7) is 3.02. The predicted octanol–water partition coefficient (Wildman–Crippen LogP) is 3.14. The molecule has 1 aliphatic heterocycles. The van der Waals surface area contributed by atoms with E-state index in [9.17, 15) is 4.79 Å². The maximum absolute atomic E-state index is 12.0. The Morgan fingerprint density at radius 2 is 2.20 bits per heavy atom. The lowest BCUT2D eigenvalue weighted by Crippen LogP contribution is -2.41. The highest BCUT2D eigenvalue weighted by molar-refractivity contribution is 9.10. The molecular weight excluding hydrogens is 360 g/mol. The van der Waals surface area contributed by atoms with Gasteiger partial charge in [-0.25, -0.2) is 0 Å². The number of rotatable bonds is 4. The average molecular weight is 380 g/mol. The van der Waals surface area contributed by atoms with E-state index in [0.29, 0.717) is 12.5 Å². The van der Waals surface area contributed by atoms with Gasteiger partial charge in [0.25, 0.3) is 0 Å². The van der Waals surface area contributed by atoms with Crippen molar-refractivity contribution in [2.24, 2.45) is 0 Å². The second-order valence-corrected chi connectivity index (χ2v) is 6.84. The molecule has 6 heteroatoms. The molecule has 20 heavy (non-hydrogen) atoms. The maximum Gasteiger partial charge on any atom is 0.222 e. The lowest BCUT2D eigenvalue weighted by atomic mass is 10.1. The molecule has 1 aromatic rings. The Labute approximate surface area is 139 Å². The highest BCUT2D eigenvalue weighted by Crippen LogP contribution is 2.17. The van der Waals surface area contributed by atoms with Gasteiger partial charge in [-0.2, -0.15) is 11.8 Å². The number of hydrogen-bond acceptors (Lipinski definition) is 3. The van der Waals surface area contributed by atoms with Crippen LogP contribution in [0.5, 0.6) is 0 Å². The van der Waals surface area contributed by atoms with Gasteiger partial charge in [0.1, 0.15) is 0 Å². The molecule has 112 valence electrons. The average Bonchev–Trinajstić information content (AvgIpc) is 2.40. The lowest BCUT2D eigenvalue weighted by molar-refractivity contribution is -0.122. The minimum absolute atomic E-state index is 0. The first-order chi connectivity index (χ1) is 9.15. The first-order valence-corrected chi connectivity index (χ1v) is 8.46. The number of carbonyl (C=O) groups excluding carboxylic acids is 1. The molecule has 3 nitrogen and oxygen atoms in total. The van der Waals surface area contributed by atoms with Gasteiger partial charge in [0.15, 0.2) is 0 Å². The normalized spacial score (nSPS) is 19.8. The largest absolute Gasteiger partial charge is 0.350 e. The van der Waals surface area contributed by atoms with Crippen molar-refractivity contribution in [1.29, 1.82) is 0 Å². The van der Waals surface area contributed by atoms with Crippen molar-refractivity contribution in [3.8, 4) is 0 Å². The van der Waals surface area contributed by atoms with E-state index >= 15 is 0 Å². The number of thioether (sulfide) groups is 1. The molecule has 2 atom stereocenters. The highest BCUT2D eigenvalue weighted by Gasteiger charge is 2.18. The minimum Gasteiger partial charge on any atom is -0.350 e. The van der Waals surface area contributed by atoms with Crippen LogP contribution in [0.3, 0.4) is 0 Å². The SMILES string of the molecule is CC(NC(=O)CC1CSCCN1)c1ccc(Br)cc1.Cl. The van der Waals surface area contributed by atoms with Gasteiger partial charge >= 0.3 is 0 Å². The first-order valence-electron chi connectivity index (χ1n) is 6.51. The van der Waals surface area contributed by atoms with E-state index in [1.54, 1.807) is 0 Å². The topological polar surface area (TPSA) is 41.1 Å². The Bertz CT molecular complexity index is 424. The number of carbonyl (C=O) groups is 1. The molecule has 2 N–H and O–H groups in total. The molecule has 0 saturated carbocycles. The molecular formula is C14H20BrClN2OS. The number of hydrogen-bond donors (Lipinski definition) is 2. The molecule has 1 fully saturated rings. The fourth-order valence-electron chi connectivity index (χ4n) is 2.11. The van der Waals surface area contributed by atoms with Gasteiger partial charge in [-0.1, -0.05) is 28.1 Å². The van der Waals surface area contributed by atoms with Crippen molar-refractivity contribution in [1.82, 2.24) is 10.6 Å². The smallest absolute Gasteiger partial charge is 0.222 e. The third-order valence-corrected chi connectivity index (χ3v) is 4.84. The van der Waals surface area contributed by atoms with Crippen LogP contribution in [0, 0.1) is 0 Å². The van der Waals surface area contributed by atoms with Crippen molar-refractivity contribution in [2.75, 3.05) is 18.1 Å². The fourth-order valence-corrected chi connectivity index (χ4v) is 3.32. The summed E-state index contributed by atoms with van der Waals surface area (Å²) in [6.07, 6.45) is 0.563. The molecule has 2 rings (SSSR count). The Morgan fingerprint density at radius 3 is 2.80 bits per heavy atom. The third kappa shape index (κ3) is 5.64. The maximum atomic E-state index is 12.0. The summed E-state index contributed by atoms with van der Waals surface area (Å²) >= 11 is 5.33. The van der Waals surface area contributed by atoms with Crippen LogP contribution in [0.25, 0.3) is 0 Å². The summed E-state index contributed by atoms with van der Waals surface area (Å²) in [5, 5.41) is 6.44. The molecule has 2 unspecified atom stereocenters. The standard InChI is InChI=1S/C14H19BrN2OS.ClH/c1-10(11-2-4-12(15)5-3-11)17-14(18)8-13-9-19-7-6-16-13;/h2-5,10,13,16H,6-9H2,1H3,(H,17,18);1H. The van der Waals surface area contributed by atoms with Gasteiger partial charge in [-0.3, -0.25) is 4.79 Å². The van der Waals surface area contributed by atoms with Crippen LogP contribution >= 0.6 is 40.1 Å². The van der Waals surface area contributed by atoms with Crippen molar-refractivity contribution < 1.29 is 4.79 Å². The van der Waals surface area contributed by atoms with Crippen molar-refractivity contribution in [3.63, 3.8) is 0 Å². The van der Waals surface area contributed by atoms with Crippen LogP contribution in [0.2, 0.25) is 0 Å². The Balaban J connectivity index is 0.00000200. The van der Waals surface area contributed by atoms with Gasteiger partial charge < -0.3 is 10.6 Å². The van der Waals surface area contributed by atoms with Crippen LogP contribution in [-0.4, -0.2) is 30.0 Å².